The summed E-state index contributed by atoms with van der Waals surface area (Å²) >= 11 is 6.20. The van der Waals surface area contributed by atoms with Crippen LogP contribution in [0.1, 0.15) is 38.4 Å². The Morgan fingerprint density at radius 1 is 1.25 bits per heavy atom. The molecule has 7 nitrogen and oxygen atoms in total. The Bertz CT molecular complexity index is 1150. The topological polar surface area (TPSA) is 100 Å². The molecule has 0 aliphatic carbocycles. The van der Waals surface area contributed by atoms with Gasteiger partial charge < -0.3 is 15.2 Å². The number of benzene rings is 2. The summed E-state index contributed by atoms with van der Waals surface area (Å²) in [6, 6.07) is 14.8. The van der Waals surface area contributed by atoms with E-state index in [2.05, 4.69) is 16.5 Å². The van der Waals surface area contributed by atoms with Crippen LogP contribution in [0, 0.1) is 25.2 Å². The lowest BCUT2D eigenvalue weighted by molar-refractivity contribution is 0.0837. The molecule has 1 aromatic heterocycles. The first-order valence-corrected chi connectivity index (χ1v) is 10.6. The van der Waals surface area contributed by atoms with Crippen LogP contribution < -0.4 is 5.32 Å². The molecule has 0 atom stereocenters. The van der Waals surface area contributed by atoms with Gasteiger partial charge in [0.05, 0.1) is 41.8 Å². The van der Waals surface area contributed by atoms with Crippen molar-refractivity contribution >= 4 is 17.5 Å². The molecular formula is C24H25ClN4O3. The summed E-state index contributed by atoms with van der Waals surface area (Å²) in [4.78, 5) is 12.7. The molecule has 1 amide bonds. The summed E-state index contributed by atoms with van der Waals surface area (Å²) in [5.74, 6) is -0.172. The Morgan fingerprint density at radius 2 is 2.03 bits per heavy atom. The number of nitrogens with one attached hydrogen (secondary N) is 1. The second-order valence-corrected chi connectivity index (χ2v) is 7.67. The predicted molar refractivity (Wildman–Crippen MR) is 122 cm³/mol. The summed E-state index contributed by atoms with van der Waals surface area (Å²) in [5, 5.41) is 25.7. The Morgan fingerprint density at radius 3 is 2.75 bits per heavy atom. The molecule has 0 bridgehead atoms. The quantitative estimate of drug-likeness (QED) is 0.485. The first kappa shape index (κ1) is 23.5. The summed E-state index contributed by atoms with van der Waals surface area (Å²) in [6.45, 7) is 4.82. The van der Waals surface area contributed by atoms with Crippen LogP contribution in [0.15, 0.2) is 42.5 Å². The molecule has 0 fully saturated rings. The van der Waals surface area contributed by atoms with Gasteiger partial charge in [0.25, 0.3) is 5.91 Å². The zero-order chi connectivity index (χ0) is 23.1. The second-order valence-electron chi connectivity index (χ2n) is 7.26. The van der Waals surface area contributed by atoms with Crippen LogP contribution in [0.2, 0.25) is 5.02 Å². The van der Waals surface area contributed by atoms with Crippen molar-refractivity contribution < 1.29 is 14.6 Å². The summed E-state index contributed by atoms with van der Waals surface area (Å²) in [7, 11) is 0. The molecule has 0 saturated carbocycles. The van der Waals surface area contributed by atoms with Gasteiger partial charge in [0.15, 0.2) is 0 Å². The molecule has 3 aromatic rings. The average Bonchev–Trinajstić information content (AvgIpc) is 3.07. The first-order chi connectivity index (χ1) is 15.5. The molecule has 0 saturated heterocycles. The van der Waals surface area contributed by atoms with E-state index in [1.165, 1.54) is 0 Å². The van der Waals surface area contributed by atoms with Gasteiger partial charge in [0.2, 0.25) is 0 Å². The standard InChI is InChI=1S/C24H25ClN4O3/c1-16-22(17(2)29(28-16)20-8-7-19(15-26)23(25)14-20)13-18-5-3-4-6-21(18)24(31)27-9-11-32-12-10-30/h3-8,14,30H,9-13H2,1-2H3,(H,27,31). The molecule has 32 heavy (non-hydrogen) atoms. The number of nitrogens with zero attached hydrogens (tertiary/aromatic N) is 3. The molecule has 0 aliphatic rings. The highest BCUT2D eigenvalue weighted by Crippen LogP contribution is 2.25. The van der Waals surface area contributed by atoms with Gasteiger partial charge in [-0.05, 0) is 43.7 Å². The normalized spacial score (nSPS) is 10.7. The molecule has 3 rings (SSSR count). The number of aryl methyl sites for hydroxylation is 1. The summed E-state index contributed by atoms with van der Waals surface area (Å²) in [5.41, 5.74) is 5.50. The maximum atomic E-state index is 12.7. The van der Waals surface area contributed by atoms with Crippen molar-refractivity contribution in [2.24, 2.45) is 0 Å². The van der Waals surface area contributed by atoms with Crippen molar-refractivity contribution in [2.75, 3.05) is 26.4 Å². The van der Waals surface area contributed by atoms with Crippen molar-refractivity contribution in [2.45, 2.75) is 20.3 Å². The van der Waals surface area contributed by atoms with Gasteiger partial charge >= 0.3 is 0 Å². The third-order valence-electron chi connectivity index (χ3n) is 5.16. The highest BCUT2D eigenvalue weighted by molar-refractivity contribution is 6.31. The minimum absolute atomic E-state index is 0.0438. The number of carbonyl (C=O) groups excluding carboxylic acids is 1. The minimum Gasteiger partial charge on any atom is -0.394 e. The molecular weight excluding hydrogens is 428 g/mol. The third-order valence-corrected chi connectivity index (χ3v) is 5.47. The van der Waals surface area contributed by atoms with Gasteiger partial charge in [-0.3, -0.25) is 4.79 Å². The number of aliphatic hydroxyl groups is 1. The highest BCUT2D eigenvalue weighted by atomic mass is 35.5. The first-order valence-electron chi connectivity index (χ1n) is 10.3. The zero-order valence-corrected chi connectivity index (χ0v) is 18.8. The summed E-state index contributed by atoms with van der Waals surface area (Å²) < 4.78 is 7.00. The van der Waals surface area contributed by atoms with Crippen molar-refractivity contribution in [1.82, 2.24) is 15.1 Å². The molecule has 0 radical (unpaired) electrons. The fourth-order valence-electron chi connectivity index (χ4n) is 3.49. The fourth-order valence-corrected chi connectivity index (χ4v) is 3.71. The van der Waals surface area contributed by atoms with E-state index >= 15 is 0 Å². The number of ether oxygens (including phenoxy) is 1. The SMILES string of the molecule is Cc1nn(-c2ccc(C#N)c(Cl)c2)c(C)c1Cc1ccccc1C(=O)NCCOCCO. The number of aromatic nitrogens is 2. The van der Waals surface area contributed by atoms with Crippen LogP contribution in [-0.4, -0.2) is 47.2 Å². The van der Waals surface area contributed by atoms with Crippen LogP contribution in [-0.2, 0) is 11.2 Å². The third kappa shape index (κ3) is 5.35. The van der Waals surface area contributed by atoms with Crippen LogP contribution in [0.5, 0.6) is 0 Å². The lowest BCUT2D eigenvalue weighted by Gasteiger charge is -2.11. The number of nitriles is 1. The van der Waals surface area contributed by atoms with E-state index in [9.17, 15) is 4.79 Å². The van der Waals surface area contributed by atoms with Crippen LogP contribution in [0.25, 0.3) is 5.69 Å². The van der Waals surface area contributed by atoms with Crippen LogP contribution in [0.3, 0.4) is 0 Å². The van der Waals surface area contributed by atoms with Crippen LogP contribution >= 0.6 is 11.6 Å². The average molecular weight is 453 g/mol. The van der Waals surface area contributed by atoms with E-state index in [0.29, 0.717) is 35.7 Å². The lowest BCUT2D eigenvalue weighted by Crippen LogP contribution is -2.28. The van der Waals surface area contributed by atoms with Gasteiger partial charge in [-0.15, -0.1) is 0 Å². The number of rotatable bonds is 9. The van der Waals surface area contributed by atoms with Crippen molar-refractivity contribution in [3.63, 3.8) is 0 Å². The summed E-state index contributed by atoms with van der Waals surface area (Å²) in [6.07, 6.45) is 0.548. The zero-order valence-electron chi connectivity index (χ0n) is 18.1. The maximum Gasteiger partial charge on any atom is 0.251 e. The number of hydrogen-bond donors (Lipinski definition) is 2. The number of halogens is 1. The number of amides is 1. The molecule has 0 aliphatic heterocycles. The number of aliphatic hydroxyl groups excluding tert-OH is 1. The Kier molecular flexibility index (Phi) is 8.01. The molecule has 166 valence electrons. The van der Waals surface area contributed by atoms with E-state index in [1.54, 1.807) is 22.9 Å². The van der Waals surface area contributed by atoms with Gasteiger partial charge in [0.1, 0.15) is 6.07 Å². The maximum absolute atomic E-state index is 12.7. The van der Waals surface area contributed by atoms with E-state index in [0.717, 1.165) is 28.2 Å². The van der Waals surface area contributed by atoms with Crippen molar-refractivity contribution in [3.05, 3.63) is 81.1 Å². The van der Waals surface area contributed by atoms with E-state index in [1.807, 2.05) is 38.1 Å². The van der Waals surface area contributed by atoms with E-state index < -0.39 is 0 Å². The Hall–Kier alpha value is -3.18. The number of carbonyl (C=O) groups is 1. The lowest BCUT2D eigenvalue weighted by atomic mass is 9.98. The second kappa shape index (κ2) is 10.9. The van der Waals surface area contributed by atoms with E-state index in [4.69, 9.17) is 26.7 Å². The Labute approximate surface area is 192 Å². The molecule has 1 heterocycles. The molecule has 0 spiro atoms. The van der Waals surface area contributed by atoms with Gasteiger partial charge in [-0.2, -0.15) is 10.4 Å². The fraction of sp³-hybridized carbons (Fsp3) is 0.292. The molecule has 2 aromatic carbocycles. The van der Waals surface area contributed by atoms with Gasteiger partial charge in [0, 0.05) is 29.8 Å². The van der Waals surface area contributed by atoms with Crippen LogP contribution in [0.4, 0.5) is 0 Å². The van der Waals surface area contributed by atoms with Crippen molar-refractivity contribution in [1.29, 1.82) is 5.26 Å². The van der Waals surface area contributed by atoms with Crippen molar-refractivity contribution in [3.8, 4) is 11.8 Å². The molecule has 8 heteroatoms. The smallest absolute Gasteiger partial charge is 0.251 e. The van der Waals surface area contributed by atoms with E-state index in [-0.39, 0.29) is 19.1 Å². The molecule has 2 N–H and O–H groups in total. The number of hydrogen-bond acceptors (Lipinski definition) is 5. The largest absolute Gasteiger partial charge is 0.394 e. The predicted octanol–water partition coefficient (Wildman–Crippen LogP) is 3.34. The monoisotopic (exact) mass is 452 g/mol. The van der Waals surface area contributed by atoms with Gasteiger partial charge in [-0.25, -0.2) is 4.68 Å². The minimum atomic E-state index is -0.172. The molecule has 0 unspecified atom stereocenters. The van der Waals surface area contributed by atoms with Gasteiger partial charge in [-0.1, -0.05) is 29.8 Å². The highest BCUT2D eigenvalue weighted by Gasteiger charge is 2.17. The Balaban J connectivity index is 1.82.